The number of amides is 1. The number of nitrogens with one attached hydrogen (secondary N) is 1. The summed E-state index contributed by atoms with van der Waals surface area (Å²) in [4.78, 5) is 35.6. The molecule has 0 fully saturated rings. The summed E-state index contributed by atoms with van der Waals surface area (Å²) < 4.78 is 11.9. The SMILES string of the molecule is CC(=O)OC[C@@H](CO)CCC(=O)NCCc1cn(C(=O)OC(C)(C)C)c2ccccc12. The molecule has 1 aromatic heterocycles. The van der Waals surface area contributed by atoms with Crippen LogP contribution < -0.4 is 5.32 Å². The minimum atomic E-state index is -0.599. The number of fused-ring (bicyclic) bond motifs is 1. The summed E-state index contributed by atoms with van der Waals surface area (Å²) in [6.45, 7) is 7.13. The van der Waals surface area contributed by atoms with Gasteiger partial charge in [0.15, 0.2) is 0 Å². The molecule has 2 N–H and O–H groups in total. The van der Waals surface area contributed by atoms with E-state index in [0.717, 1.165) is 16.5 Å². The number of hydrogen-bond acceptors (Lipinski definition) is 6. The van der Waals surface area contributed by atoms with Crippen molar-refractivity contribution in [2.75, 3.05) is 19.8 Å². The van der Waals surface area contributed by atoms with Crippen LogP contribution in [0.4, 0.5) is 4.79 Å². The van der Waals surface area contributed by atoms with Crippen LogP contribution in [0.25, 0.3) is 10.9 Å². The molecular formula is C23H32N2O6. The first-order valence-corrected chi connectivity index (χ1v) is 10.4. The van der Waals surface area contributed by atoms with E-state index in [9.17, 15) is 19.5 Å². The maximum absolute atomic E-state index is 12.6. The van der Waals surface area contributed by atoms with Crippen LogP contribution in [-0.4, -0.2) is 53.0 Å². The van der Waals surface area contributed by atoms with Gasteiger partial charge in [-0.2, -0.15) is 0 Å². The molecule has 0 spiro atoms. The van der Waals surface area contributed by atoms with Gasteiger partial charge in [0.25, 0.3) is 0 Å². The Morgan fingerprint density at radius 2 is 1.90 bits per heavy atom. The molecular weight excluding hydrogens is 400 g/mol. The Morgan fingerprint density at radius 3 is 2.55 bits per heavy atom. The summed E-state index contributed by atoms with van der Waals surface area (Å²) in [5, 5.41) is 13.1. The predicted octanol–water partition coefficient (Wildman–Crippen LogP) is 3.04. The highest BCUT2D eigenvalue weighted by atomic mass is 16.6. The van der Waals surface area contributed by atoms with Crippen molar-refractivity contribution in [1.29, 1.82) is 0 Å². The molecule has 170 valence electrons. The van der Waals surface area contributed by atoms with Gasteiger partial charge in [0.05, 0.1) is 12.1 Å². The number of para-hydroxylation sites is 1. The van der Waals surface area contributed by atoms with Crippen LogP contribution in [0.15, 0.2) is 30.5 Å². The minimum absolute atomic E-state index is 0.100. The Hall–Kier alpha value is -2.87. The second-order valence-electron chi connectivity index (χ2n) is 8.51. The summed E-state index contributed by atoms with van der Waals surface area (Å²) >= 11 is 0. The molecule has 1 heterocycles. The monoisotopic (exact) mass is 432 g/mol. The maximum atomic E-state index is 12.6. The summed E-state index contributed by atoms with van der Waals surface area (Å²) in [6.07, 6.45) is 2.52. The Kier molecular flexibility index (Phi) is 8.62. The molecule has 0 saturated carbocycles. The number of aliphatic hydroxyl groups excluding tert-OH is 1. The van der Waals surface area contributed by atoms with Gasteiger partial charge in [-0.15, -0.1) is 0 Å². The first-order chi connectivity index (χ1) is 14.6. The third-order valence-electron chi connectivity index (χ3n) is 4.66. The highest BCUT2D eigenvalue weighted by Gasteiger charge is 2.20. The van der Waals surface area contributed by atoms with Crippen LogP contribution in [0, 0.1) is 5.92 Å². The normalized spacial score (nSPS) is 12.4. The zero-order chi connectivity index (χ0) is 23.0. The highest BCUT2D eigenvalue weighted by molar-refractivity contribution is 5.92. The van der Waals surface area contributed by atoms with Crippen LogP contribution in [0.5, 0.6) is 0 Å². The van der Waals surface area contributed by atoms with Gasteiger partial charge in [0, 0.05) is 44.0 Å². The largest absolute Gasteiger partial charge is 0.465 e. The van der Waals surface area contributed by atoms with E-state index >= 15 is 0 Å². The van der Waals surface area contributed by atoms with E-state index in [1.807, 2.05) is 45.0 Å². The third kappa shape index (κ3) is 7.71. The first kappa shape index (κ1) is 24.4. The fraction of sp³-hybridized carbons (Fsp3) is 0.522. The van der Waals surface area contributed by atoms with E-state index in [1.54, 1.807) is 6.20 Å². The average molecular weight is 433 g/mol. The lowest BCUT2D eigenvalue weighted by atomic mass is 10.1. The quantitative estimate of drug-likeness (QED) is 0.590. The van der Waals surface area contributed by atoms with Crippen molar-refractivity contribution in [1.82, 2.24) is 9.88 Å². The van der Waals surface area contributed by atoms with Crippen LogP contribution in [-0.2, 0) is 25.5 Å². The van der Waals surface area contributed by atoms with E-state index in [-0.39, 0.29) is 31.5 Å². The Balaban J connectivity index is 1.93. The number of aromatic nitrogens is 1. The highest BCUT2D eigenvalue weighted by Crippen LogP contribution is 2.23. The summed E-state index contributed by atoms with van der Waals surface area (Å²) in [6, 6.07) is 7.57. The standard InChI is InChI=1S/C23H32N2O6/c1-16(27)30-15-17(14-26)9-10-21(28)24-12-11-18-13-25(22(29)31-23(2,3)4)20-8-6-5-7-19(18)20/h5-8,13,17,26H,9-12,14-15H2,1-4H3,(H,24,28)/t17-/m1/s1. The molecule has 0 aliphatic rings. The topological polar surface area (TPSA) is 107 Å². The fourth-order valence-corrected chi connectivity index (χ4v) is 3.13. The summed E-state index contributed by atoms with van der Waals surface area (Å²) in [5.74, 6) is -0.813. The van der Waals surface area contributed by atoms with Crippen molar-refractivity contribution in [3.05, 3.63) is 36.0 Å². The third-order valence-corrected chi connectivity index (χ3v) is 4.66. The van der Waals surface area contributed by atoms with Crippen molar-refractivity contribution >= 4 is 28.9 Å². The number of aliphatic hydroxyl groups is 1. The number of rotatable bonds is 9. The Morgan fingerprint density at radius 1 is 1.19 bits per heavy atom. The molecule has 0 bridgehead atoms. The number of carbonyl (C=O) groups is 3. The lowest BCUT2D eigenvalue weighted by Gasteiger charge is -2.19. The molecule has 2 rings (SSSR count). The van der Waals surface area contributed by atoms with E-state index in [2.05, 4.69) is 5.32 Å². The second-order valence-corrected chi connectivity index (χ2v) is 8.51. The summed E-state index contributed by atoms with van der Waals surface area (Å²) in [5.41, 5.74) is 1.09. The van der Waals surface area contributed by atoms with Crippen molar-refractivity contribution in [3.63, 3.8) is 0 Å². The lowest BCUT2D eigenvalue weighted by molar-refractivity contribution is -0.142. The molecule has 0 unspecified atom stereocenters. The molecule has 0 aliphatic heterocycles. The van der Waals surface area contributed by atoms with Crippen LogP contribution in [0.3, 0.4) is 0 Å². The number of esters is 1. The number of nitrogens with zero attached hydrogens (tertiary/aromatic N) is 1. The number of carbonyl (C=O) groups excluding carboxylic acids is 3. The van der Waals surface area contributed by atoms with Gasteiger partial charge in [-0.3, -0.25) is 14.2 Å². The molecule has 0 radical (unpaired) electrons. The van der Waals surface area contributed by atoms with E-state index in [0.29, 0.717) is 19.4 Å². The molecule has 0 aliphatic carbocycles. The summed E-state index contributed by atoms with van der Waals surface area (Å²) in [7, 11) is 0. The van der Waals surface area contributed by atoms with Crippen LogP contribution >= 0.6 is 0 Å². The first-order valence-electron chi connectivity index (χ1n) is 10.4. The molecule has 1 amide bonds. The zero-order valence-corrected chi connectivity index (χ0v) is 18.6. The Labute approximate surface area is 182 Å². The zero-order valence-electron chi connectivity index (χ0n) is 18.6. The molecule has 2 aromatic rings. The molecule has 31 heavy (non-hydrogen) atoms. The molecule has 8 heteroatoms. The minimum Gasteiger partial charge on any atom is -0.465 e. The maximum Gasteiger partial charge on any atom is 0.419 e. The van der Waals surface area contributed by atoms with Gasteiger partial charge in [-0.25, -0.2) is 4.79 Å². The van der Waals surface area contributed by atoms with Gasteiger partial charge in [0.1, 0.15) is 5.60 Å². The molecule has 1 aromatic carbocycles. The van der Waals surface area contributed by atoms with E-state index < -0.39 is 17.7 Å². The van der Waals surface area contributed by atoms with E-state index in [1.165, 1.54) is 11.5 Å². The van der Waals surface area contributed by atoms with Gasteiger partial charge in [0.2, 0.25) is 5.91 Å². The van der Waals surface area contributed by atoms with Crippen LogP contribution in [0.2, 0.25) is 0 Å². The number of benzene rings is 1. The molecule has 1 atom stereocenters. The smallest absolute Gasteiger partial charge is 0.419 e. The predicted molar refractivity (Wildman–Crippen MR) is 117 cm³/mol. The molecule has 0 saturated heterocycles. The molecule has 8 nitrogen and oxygen atoms in total. The van der Waals surface area contributed by atoms with Crippen molar-refractivity contribution in [3.8, 4) is 0 Å². The van der Waals surface area contributed by atoms with Gasteiger partial charge in [-0.05, 0) is 45.2 Å². The van der Waals surface area contributed by atoms with Crippen LogP contribution in [0.1, 0.15) is 46.1 Å². The van der Waals surface area contributed by atoms with Gasteiger partial charge >= 0.3 is 12.1 Å². The number of hydrogen-bond donors (Lipinski definition) is 2. The van der Waals surface area contributed by atoms with Gasteiger partial charge < -0.3 is 19.9 Å². The van der Waals surface area contributed by atoms with Crippen molar-refractivity contribution in [2.45, 2.75) is 52.6 Å². The van der Waals surface area contributed by atoms with Crippen molar-refractivity contribution < 1.29 is 29.0 Å². The second kappa shape index (κ2) is 10.9. The Bertz CT molecular complexity index is 912. The lowest BCUT2D eigenvalue weighted by Crippen LogP contribution is -2.27. The average Bonchev–Trinajstić information content (AvgIpc) is 3.06. The van der Waals surface area contributed by atoms with Crippen molar-refractivity contribution in [2.24, 2.45) is 5.92 Å². The van der Waals surface area contributed by atoms with E-state index in [4.69, 9.17) is 9.47 Å². The van der Waals surface area contributed by atoms with Gasteiger partial charge in [-0.1, -0.05) is 18.2 Å². The fourth-order valence-electron chi connectivity index (χ4n) is 3.13. The number of ether oxygens (including phenoxy) is 2.